The van der Waals surface area contributed by atoms with Gasteiger partial charge in [0.1, 0.15) is 5.01 Å². The van der Waals surface area contributed by atoms with Gasteiger partial charge in [0.05, 0.1) is 24.4 Å². The molecule has 0 aliphatic carbocycles. The number of thiazole rings is 1. The minimum atomic E-state index is -0.0389. The summed E-state index contributed by atoms with van der Waals surface area (Å²) in [6, 6.07) is 1.83. The van der Waals surface area contributed by atoms with Gasteiger partial charge in [0.25, 0.3) is 0 Å². The number of carbonyl (C=O) groups excluding carboxylic acids is 2. The Morgan fingerprint density at radius 2 is 2.26 bits per heavy atom. The molecule has 2 aromatic rings. The van der Waals surface area contributed by atoms with Gasteiger partial charge < -0.3 is 9.80 Å². The number of likely N-dealkylation sites (N-methyl/N-ethyl adjacent to an activating group) is 1. The summed E-state index contributed by atoms with van der Waals surface area (Å²) in [7, 11) is 1.91. The fraction of sp³-hybridized carbons (Fsp3) is 0.455. The molecule has 1 saturated heterocycles. The van der Waals surface area contributed by atoms with Crippen molar-refractivity contribution in [2.75, 3.05) is 39.8 Å². The molecule has 1 aliphatic heterocycles. The number of aromatic amines is 1. The molecular formula is C22H28N6O2S. The van der Waals surface area contributed by atoms with E-state index in [1.54, 1.807) is 17.2 Å². The maximum Gasteiger partial charge on any atom is 0.246 e. The van der Waals surface area contributed by atoms with Gasteiger partial charge in [-0.3, -0.25) is 19.6 Å². The Morgan fingerprint density at radius 3 is 2.94 bits per heavy atom. The van der Waals surface area contributed by atoms with Crippen LogP contribution < -0.4 is 0 Å². The number of rotatable bonds is 7. The number of hydrogen-bond donors (Lipinski definition) is 1. The zero-order chi connectivity index (χ0) is 22.4. The average Bonchev–Trinajstić information content (AvgIpc) is 3.38. The fourth-order valence-electron chi connectivity index (χ4n) is 3.51. The van der Waals surface area contributed by atoms with Crippen molar-refractivity contribution in [2.24, 2.45) is 0 Å². The summed E-state index contributed by atoms with van der Waals surface area (Å²) in [6.45, 7) is 6.65. The Bertz CT molecular complexity index is 975. The number of aryl methyl sites for hydroxylation is 1. The lowest BCUT2D eigenvalue weighted by molar-refractivity contribution is -0.139. The first-order chi connectivity index (χ1) is 14.9. The third kappa shape index (κ3) is 5.81. The topological polar surface area (TPSA) is 85.4 Å². The summed E-state index contributed by atoms with van der Waals surface area (Å²) in [4.78, 5) is 36.5. The monoisotopic (exact) mass is 440 g/mol. The number of aromatic nitrogens is 3. The van der Waals surface area contributed by atoms with Gasteiger partial charge >= 0.3 is 0 Å². The molecular weight excluding hydrogens is 412 g/mol. The van der Waals surface area contributed by atoms with Crippen molar-refractivity contribution < 1.29 is 9.59 Å². The van der Waals surface area contributed by atoms with E-state index in [1.165, 1.54) is 11.3 Å². The van der Waals surface area contributed by atoms with Crippen LogP contribution in [0.4, 0.5) is 0 Å². The standard InChI is InChI=1S/C22H28N6O2S/c1-5-10-26(4)11-6-7-20(29)27-12-13-28(16(2)15-27)21(30)14-19-17(3)24-22(31-19)18-8-9-23-25-18/h1,6-9,16H,10-15H2,2-4H3,(H,23,25)/b7-6+/t16-/m0/s1. The summed E-state index contributed by atoms with van der Waals surface area (Å²) >= 11 is 1.51. The van der Waals surface area contributed by atoms with Crippen LogP contribution in [-0.4, -0.2) is 87.5 Å². The molecule has 0 unspecified atom stereocenters. The lowest BCUT2D eigenvalue weighted by Crippen LogP contribution is -2.55. The van der Waals surface area contributed by atoms with Gasteiger partial charge in [-0.05, 0) is 27.0 Å². The molecule has 0 aromatic carbocycles. The highest BCUT2D eigenvalue weighted by Gasteiger charge is 2.29. The second kappa shape index (κ2) is 10.4. The van der Waals surface area contributed by atoms with E-state index in [4.69, 9.17) is 6.42 Å². The van der Waals surface area contributed by atoms with Crippen LogP contribution >= 0.6 is 11.3 Å². The van der Waals surface area contributed by atoms with Gasteiger partial charge in [0, 0.05) is 49.4 Å². The second-order valence-corrected chi connectivity index (χ2v) is 8.78. The smallest absolute Gasteiger partial charge is 0.246 e. The van der Waals surface area contributed by atoms with Crippen molar-refractivity contribution >= 4 is 23.2 Å². The molecule has 8 nitrogen and oxygen atoms in total. The van der Waals surface area contributed by atoms with E-state index in [-0.39, 0.29) is 17.9 Å². The number of nitrogens with zero attached hydrogens (tertiary/aromatic N) is 5. The zero-order valence-electron chi connectivity index (χ0n) is 18.2. The van der Waals surface area contributed by atoms with E-state index < -0.39 is 0 Å². The van der Waals surface area contributed by atoms with Crippen molar-refractivity contribution in [2.45, 2.75) is 26.3 Å². The van der Waals surface area contributed by atoms with Crippen molar-refractivity contribution in [3.63, 3.8) is 0 Å². The number of carbonyl (C=O) groups is 2. The van der Waals surface area contributed by atoms with E-state index >= 15 is 0 Å². The molecule has 1 aliphatic rings. The van der Waals surface area contributed by atoms with Gasteiger partial charge in [0.2, 0.25) is 11.8 Å². The Kier molecular flexibility index (Phi) is 7.60. The molecule has 3 rings (SSSR count). The van der Waals surface area contributed by atoms with E-state index in [0.29, 0.717) is 39.1 Å². The number of hydrogen-bond acceptors (Lipinski definition) is 6. The van der Waals surface area contributed by atoms with Crippen LogP contribution in [0, 0.1) is 19.3 Å². The number of terminal acetylenes is 1. The van der Waals surface area contributed by atoms with Crippen molar-refractivity contribution in [3.8, 4) is 23.0 Å². The van der Waals surface area contributed by atoms with E-state index in [9.17, 15) is 9.59 Å². The van der Waals surface area contributed by atoms with Crippen molar-refractivity contribution in [1.82, 2.24) is 29.9 Å². The molecule has 2 aromatic heterocycles. The molecule has 2 amide bonds. The zero-order valence-corrected chi connectivity index (χ0v) is 19.0. The van der Waals surface area contributed by atoms with Crippen LogP contribution in [0.25, 0.3) is 10.7 Å². The van der Waals surface area contributed by atoms with Crippen LogP contribution in [-0.2, 0) is 16.0 Å². The van der Waals surface area contributed by atoms with Gasteiger partial charge in [-0.25, -0.2) is 4.98 Å². The van der Waals surface area contributed by atoms with E-state index in [2.05, 4.69) is 21.1 Å². The van der Waals surface area contributed by atoms with E-state index in [0.717, 1.165) is 21.3 Å². The summed E-state index contributed by atoms with van der Waals surface area (Å²) < 4.78 is 0. The van der Waals surface area contributed by atoms with Crippen LogP contribution in [0.5, 0.6) is 0 Å². The fourth-order valence-corrected chi connectivity index (χ4v) is 4.54. The van der Waals surface area contributed by atoms with Gasteiger partial charge in [-0.1, -0.05) is 12.0 Å². The highest BCUT2D eigenvalue weighted by Crippen LogP contribution is 2.27. The summed E-state index contributed by atoms with van der Waals surface area (Å²) in [5.41, 5.74) is 1.72. The Morgan fingerprint density at radius 1 is 1.45 bits per heavy atom. The molecule has 0 radical (unpaired) electrons. The molecule has 0 bridgehead atoms. The maximum atomic E-state index is 13.0. The first-order valence-electron chi connectivity index (χ1n) is 10.2. The maximum absolute atomic E-state index is 13.0. The van der Waals surface area contributed by atoms with Gasteiger partial charge in [0.15, 0.2) is 0 Å². The third-order valence-electron chi connectivity index (χ3n) is 5.23. The Hall–Kier alpha value is -2.96. The third-order valence-corrected chi connectivity index (χ3v) is 6.42. The minimum Gasteiger partial charge on any atom is -0.336 e. The molecule has 0 saturated carbocycles. The Balaban J connectivity index is 1.54. The molecule has 3 heterocycles. The highest BCUT2D eigenvalue weighted by atomic mass is 32.1. The normalized spacial score (nSPS) is 16.8. The first-order valence-corrected chi connectivity index (χ1v) is 11.0. The van der Waals surface area contributed by atoms with E-state index in [1.807, 2.05) is 42.8 Å². The summed E-state index contributed by atoms with van der Waals surface area (Å²) in [5.74, 6) is 2.60. The second-order valence-electron chi connectivity index (χ2n) is 7.70. The van der Waals surface area contributed by atoms with Crippen LogP contribution in [0.15, 0.2) is 24.4 Å². The first kappa shape index (κ1) is 22.7. The molecule has 31 heavy (non-hydrogen) atoms. The molecule has 9 heteroatoms. The van der Waals surface area contributed by atoms with Crippen LogP contribution in [0.3, 0.4) is 0 Å². The summed E-state index contributed by atoms with van der Waals surface area (Å²) in [6.07, 6.45) is 10.7. The number of nitrogens with one attached hydrogen (secondary N) is 1. The van der Waals surface area contributed by atoms with Gasteiger partial charge in [-0.15, -0.1) is 17.8 Å². The molecule has 0 spiro atoms. The molecule has 1 atom stereocenters. The molecule has 1 N–H and O–H groups in total. The highest BCUT2D eigenvalue weighted by molar-refractivity contribution is 7.15. The number of piperazine rings is 1. The van der Waals surface area contributed by atoms with Crippen LogP contribution in [0.1, 0.15) is 17.5 Å². The lowest BCUT2D eigenvalue weighted by Gasteiger charge is -2.39. The molecule has 164 valence electrons. The lowest BCUT2D eigenvalue weighted by atomic mass is 10.1. The largest absolute Gasteiger partial charge is 0.336 e. The minimum absolute atomic E-state index is 0.0319. The van der Waals surface area contributed by atoms with Crippen LogP contribution in [0.2, 0.25) is 0 Å². The predicted molar refractivity (Wildman–Crippen MR) is 121 cm³/mol. The average molecular weight is 441 g/mol. The van der Waals surface area contributed by atoms with Crippen molar-refractivity contribution in [3.05, 3.63) is 35.0 Å². The number of amides is 2. The predicted octanol–water partition coefficient (Wildman–Crippen LogP) is 1.56. The summed E-state index contributed by atoms with van der Waals surface area (Å²) in [5, 5.41) is 7.70. The van der Waals surface area contributed by atoms with Gasteiger partial charge in [-0.2, -0.15) is 5.10 Å². The quantitative estimate of drug-likeness (QED) is 0.522. The Labute approximate surface area is 186 Å². The SMILES string of the molecule is C#CCN(C)C/C=C/C(=O)N1CCN(C(=O)Cc2sc(-c3ccn[nH]3)nc2C)[C@@H](C)C1. The number of H-pyrrole nitrogens is 1. The van der Waals surface area contributed by atoms with Crippen molar-refractivity contribution in [1.29, 1.82) is 0 Å². The molecule has 1 fully saturated rings.